The molecule has 9 nitrogen and oxygen atoms in total. The van der Waals surface area contributed by atoms with Gasteiger partial charge in [-0.1, -0.05) is 19.8 Å². The molecule has 0 bridgehead atoms. The molecule has 9 heteroatoms. The average molecular weight is 375 g/mol. The molecule has 3 heterocycles. The first kappa shape index (κ1) is 18.1. The van der Waals surface area contributed by atoms with E-state index in [4.69, 9.17) is 4.74 Å². The maximum Gasteiger partial charge on any atom is 0.167 e. The van der Waals surface area contributed by atoms with Crippen LogP contribution in [0.4, 0.5) is 5.82 Å². The zero-order chi connectivity index (χ0) is 19.0. The smallest absolute Gasteiger partial charge is 0.167 e. The molecule has 27 heavy (non-hydrogen) atoms. The van der Waals surface area contributed by atoms with E-state index in [-0.39, 0.29) is 5.76 Å². The fraction of sp³-hybridized carbons (Fsp3) is 0.611. The molecule has 146 valence electrons. The molecule has 2 aromatic rings. The lowest BCUT2D eigenvalue weighted by Crippen LogP contribution is -2.32. The van der Waals surface area contributed by atoms with E-state index < -0.39 is 24.5 Å². The van der Waals surface area contributed by atoms with Gasteiger partial charge in [0.25, 0.3) is 0 Å². The van der Waals surface area contributed by atoms with Gasteiger partial charge in [-0.25, -0.2) is 15.0 Å². The number of nitrogens with zero attached hydrogens (tertiary/aromatic N) is 4. The molecule has 0 unspecified atom stereocenters. The fourth-order valence-electron chi connectivity index (χ4n) is 3.87. The molecule has 0 aromatic carbocycles. The van der Waals surface area contributed by atoms with Crippen molar-refractivity contribution >= 4 is 17.0 Å². The molecule has 1 aliphatic carbocycles. The van der Waals surface area contributed by atoms with Crippen LogP contribution in [0.15, 0.2) is 24.5 Å². The predicted molar refractivity (Wildman–Crippen MR) is 98.1 cm³/mol. The summed E-state index contributed by atoms with van der Waals surface area (Å²) in [6.45, 7) is 1.87. The number of hydrogen-bond acceptors (Lipinski definition) is 8. The molecule has 1 aliphatic heterocycles. The van der Waals surface area contributed by atoms with Crippen molar-refractivity contribution in [2.75, 3.05) is 5.32 Å². The van der Waals surface area contributed by atoms with Crippen LogP contribution in [0.5, 0.6) is 0 Å². The summed E-state index contributed by atoms with van der Waals surface area (Å²) in [7, 11) is 0. The molecule has 1 saturated heterocycles. The van der Waals surface area contributed by atoms with Crippen LogP contribution >= 0.6 is 0 Å². The predicted octanol–water partition coefficient (Wildman–Crippen LogP) is 1.65. The number of aromatic nitrogens is 4. The van der Waals surface area contributed by atoms with E-state index in [2.05, 4.69) is 20.3 Å². The van der Waals surface area contributed by atoms with Crippen molar-refractivity contribution in [3.8, 4) is 0 Å². The molecule has 0 radical (unpaired) electrons. The first-order chi connectivity index (χ1) is 13.1. The maximum absolute atomic E-state index is 10.5. The van der Waals surface area contributed by atoms with Gasteiger partial charge in [0.2, 0.25) is 0 Å². The number of fused-ring (bicyclic) bond motifs is 1. The van der Waals surface area contributed by atoms with Crippen LogP contribution in [0.3, 0.4) is 0 Å². The summed E-state index contributed by atoms with van der Waals surface area (Å²) >= 11 is 0. The van der Waals surface area contributed by atoms with Crippen LogP contribution in [0.1, 0.15) is 45.3 Å². The minimum atomic E-state index is -1.24. The van der Waals surface area contributed by atoms with Gasteiger partial charge in [-0.05, 0) is 25.3 Å². The lowest BCUT2D eigenvalue weighted by Gasteiger charge is -2.17. The van der Waals surface area contributed by atoms with E-state index >= 15 is 0 Å². The second kappa shape index (κ2) is 7.41. The third-order valence-electron chi connectivity index (χ3n) is 5.27. The minimum absolute atomic E-state index is 0.0887. The zero-order valence-corrected chi connectivity index (χ0v) is 15.2. The van der Waals surface area contributed by atoms with Crippen LogP contribution in [-0.4, -0.2) is 59.2 Å². The fourth-order valence-corrected chi connectivity index (χ4v) is 3.87. The van der Waals surface area contributed by atoms with Crippen molar-refractivity contribution in [1.29, 1.82) is 0 Å². The van der Waals surface area contributed by atoms with Gasteiger partial charge in [-0.2, -0.15) is 0 Å². The van der Waals surface area contributed by atoms with Crippen molar-refractivity contribution in [2.24, 2.45) is 0 Å². The Morgan fingerprint density at radius 1 is 1.26 bits per heavy atom. The zero-order valence-electron chi connectivity index (χ0n) is 15.2. The summed E-state index contributed by atoms with van der Waals surface area (Å²) < 4.78 is 7.32. The molecule has 2 aromatic heterocycles. The van der Waals surface area contributed by atoms with Crippen LogP contribution < -0.4 is 5.32 Å². The quantitative estimate of drug-likeness (QED) is 0.581. The lowest BCUT2D eigenvalue weighted by molar-refractivity contribution is -0.0342. The summed E-state index contributed by atoms with van der Waals surface area (Å²) in [6, 6.07) is 0.379. The van der Waals surface area contributed by atoms with E-state index in [0.717, 1.165) is 12.8 Å². The van der Waals surface area contributed by atoms with Crippen LogP contribution in [0.25, 0.3) is 11.2 Å². The molecule has 2 aliphatic rings. The Morgan fingerprint density at radius 3 is 2.78 bits per heavy atom. The molecule has 4 atom stereocenters. The molecule has 0 amide bonds. The second-order valence-electron chi connectivity index (χ2n) is 7.14. The summed E-state index contributed by atoms with van der Waals surface area (Å²) in [5.41, 5.74) is 1.09. The number of rotatable bonds is 5. The summed E-state index contributed by atoms with van der Waals surface area (Å²) in [4.78, 5) is 13.0. The van der Waals surface area contributed by atoms with Gasteiger partial charge in [0, 0.05) is 6.04 Å². The first-order valence-corrected chi connectivity index (χ1v) is 9.44. The van der Waals surface area contributed by atoms with Crippen LogP contribution in [0.2, 0.25) is 0 Å². The second-order valence-corrected chi connectivity index (χ2v) is 7.14. The molecule has 1 saturated carbocycles. The number of anilines is 1. The molecule has 2 fully saturated rings. The summed E-state index contributed by atoms with van der Waals surface area (Å²) in [5.74, 6) is 0.568. The molecular weight excluding hydrogens is 350 g/mol. The Balaban J connectivity index is 1.63. The Hall–Kier alpha value is -2.23. The van der Waals surface area contributed by atoms with Gasteiger partial charge in [0.15, 0.2) is 23.2 Å². The van der Waals surface area contributed by atoms with Gasteiger partial charge in [0.05, 0.1) is 6.33 Å². The van der Waals surface area contributed by atoms with Crippen molar-refractivity contribution in [2.45, 2.75) is 69.6 Å². The van der Waals surface area contributed by atoms with Gasteiger partial charge in [0.1, 0.15) is 30.4 Å². The van der Waals surface area contributed by atoms with Crippen molar-refractivity contribution in [3.63, 3.8) is 0 Å². The normalized spacial score (nSPS) is 29.7. The Kier molecular flexibility index (Phi) is 4.98. The number of aliphatic hydroxyl groups excluding tert-OH is 3. The highest BCUT2D eigenvalue weighted by atomic mass is 16.6. The van der Waals surface area contributed by atoms with E-state index in [0.29, 0.717) is 29.4 Å². The molecule has 4 rings (SSSR count). The van der Waals surface area contributed by atoms with E-state index in [9.17, 15) is 15.3 Å². The topological polar surface area (TPSA) is 126 Å². The van der Waals surface area contributed by atoms with E-state index in [1.807, 2.05) is 6.92 Å². The number of ether oxygens (including phenoxy) is 1. The number of hydrogen-bond donors (Lipinski definition) is 4. The number of imidazole rings is 1. The number of allylic oxidation sites excluding steroid dienone is 1. The molecular formula is C18H25N5O4. The number of nitrogens with one attached hydrogen (secondary N) is 1. The Bertz CT molecular complexity index is 832. The highest BCUT2D eigenvalue weighted by Crippen LogP contribution is 2.34. The van der Waals surface area contributed by atoms with Crippen molar-refractivity contribution in [3.05, 3.63) is 24.5 Å². The summed E-state index contributed by atoms with van der Waals surface area (Å²) in [5, 5.41) is 34.2. The monoisotopic (exact) mass is 375 g/mol. The van der Waals surface area contributed by atoms with Crippen molar-refractivity contribution in [1.82, 2.24) is 19.5 Å². The minimum Gasteiger partial charge on any atom is -0.510 e. The largest absolute Gasteiger partial charge is 0.510 e. The van der Waals surface area contributed by atoms with Gasteiger partial charge < -0.3 is 25.4 Å². The lowest BCUT2D eigenvalue weighted by atomic mass is 10.1. The summed E-state index contributed by atoms with van der Waals surface area (Å²) in [6.07, 6.45) is 5.38. The average Bonchev–Trinajstić information content (AvgIpc) is 3.37. The molecule has 0 spiro atoms. The van der Waals surface area contributed by atoms with E-state index in [1.54, 1.807) is 10.6 Å². The van der Waals surface area contributed by atoms with Gasteiger partial charge in [-0.3, -0.25) is 4.57 Å². The number of aliphatic hydroxyl groups is 3. The molecule has 4 N–H and O–H groups in total. The first-order valence-electron chi connectivity index (χ1n) is 9.44. The third kappa shape index (κ3) is 3.26. The highest BCUT2D eigenvalue weighted by molar-refractivity contribution is 5.82. The standard InChI is InChI=1S/C18H25N5O4/c1-2-5-11(24)15-13(25)14(26)18(27-15)23-9-21-12-16(19-8-20-17(12)23)22-10-6-3-4-7-10/h5,8-10,13-15,18,24-26H,2-4,6-7H2,1H3,(H,19,20,22)/t13-,14+,15+,18+/m0/s1. The van der Waals surface area contributed by atoms with Crippen molar-refractivity contribution < 1.29 is 20.1 Å². The van der Waals surface area contributed by atoms with Crippen LogP contribution in [0, 0.1) is 0 Å². The van der Waals surface area contributed by atoms with E-state index in [1.165, 1.54) is 25.5 Å². The van der Waals surface area contributed by atoms with Gasteiger partial charge in [-0.15, -0.1) is 0 Å². The third-order valence-corrected chi connectivity index (χ3v) is 5.27. The maximum atomic E-state index is 10.5. The van der Waals surface area contributed by atoms with Gasteiger partial charge >= 0.3 is 0 Å². The van der Waals surface area contributed by atoms with Crippen LogP contribution in [-0.2, 0) is 4.74 Å². The SMILES string of the molecule is CCC=C(O)[C@H]1O[C@@H](n2cnc3c(NC4CCCC4)ncnc32)[C@H](O)[C@@H]1O. The Morgan fingerprint density at radius 2 is 2.04 bits per heavy atom. The Labute approximate surface area is 156 Å². The highest BCUT2D eigenvalue weighted by Gasteiger charge is 2.46.